The zero-order valence-electron chi connectivity index (χ0n) is 17.6. The lowest BCUT2D eigenvalue weighted by Gasteiger charge is -2.17. The summed E-state index contributed by atoms with van der Waals surface area (Å²) in [5.74, 6) is 0.378. The summed E-state index contributed by atoms with van der Waals surface area (Å²) < 4.78 is 0. The highest BCUT2D eigenvalue weighted by atomic mass is 16.1. The van der Waals surface area contributed by atoms with Gasteiger partial charge in [-0.05, 0) is 29.7 Å². The summed E-state index contributed by atoms with van der Waals surface area (Å²) in [6.45, 7) is 0. The second-order valence-corrected chi connectivity index (χ2v) is 8.25. The van der Waals surface area contributed by atoms with Crippen molar-refractivity contribution >= 4 is 39.1 Å². The smallest absolute Gasteiger partial charge is 0.196 e. The molecule has 1 aliphatic rings. The van der Waals surface area contributed by atoms with Crippen LogP contribution in [0, 0.1) is 0 Å². The quantitative estimate of drug-likeness (QED) is 0.419. The van der Waals surface area contributed by atoms with E-state index in [9.17, 15) is 9.59 Å². The van der Waals surface area contributed by atoms with Crippen LogP contribution in [0.1, 0.15) is 31.8 Å². The van der Waals surface area contributed by atoms with Crippen molar-refractivity contribution in [2.45, 2.75) is 0 Å². The first kappa shape index (κ1) is 18.5. The van der Waals surface area contributed by atoms with Crippen LogP contribution in [0.2, 0.25) is 0 Å². The van der Waals surface area contributed by atoms with Crippen molar-refractivity contribution in [2.24, 2.45) is 0 Å². The fraction of sp³-hybridized carbons (Fsp3) is 0.0741. The molecule has 4 aromatic carbocycles. The molecule has 1 N–H and O–H groups in total. The van der Waals surface area contributed by atoms with Gasteiger partial charge in [-0.3, -0.25) is 9.59 Å². The molecule has 1 aliphatic carbocycles. The van der Waals surface area contributed by atoms with Gasteiger partial charge >= 0.3 is 0 Å². The van der Waals surface area contributed by atoms with Crippen LogP contribution in [0.15, 0.2) is 72.8 Å². The summed E-state index contributed by atoms with van der Waals surface area (Å²) in [5, 5.41) is 2.19. The number of nitrogens with one attached hydrogen (secondary N) is 1. The summed E-state index contributed by atoms with van der Waals surface area (Å²) >= 11 is 0. The highest BCUT2D eigenvalue weighted by Crippen LogP contribution is 2.36. The first-order valence-electron chi connectivity index (χ1n) is 10.4. The maximum Gasteiger partial charge on any atom is 0.196 e. The van der Waals surface area contributed by atoms with Crippen molar-refractivity contribution in [3.05, 3.63) is 95.1 Å². The Hall–Kier alpha value is -4.25. The number of anilines is 1. The Morgan fingerprint density at radius 2 is 1.34 bits per heavy atom. The third-order valence-corrected chi connectivity index (χ3v) is 6.18. The number of fused-ring (bicyclic) bond motifs is 5. The molecule has 0 aliphatic heterocycles. The fourth-order valence-corrected chi connectivity index (χ4v) is 4.66. The molecule has 0 atom stereocenters. The number of aromatic amines is 1. The van der Waals surface area contributed by atoms with Crippen LogP contribution in [0.5, 0.6) is 0 Å². The number of hydrogen-bond donors (Lipinski definition) is 1. The number of rotatable bonds is 2. The molecule has 0 saturated heterocycles. The van der Waals surface area contributed by atoms with Crippen molar-refractivity contribution in [3.8, 4) is 11.4 Å². The number of nitrogens with zero attached hydrogens (tertiary/aromatic N) is 2. The van der Waals surface area contributed by atoms with E-state index in [0.29, 0.717) is 33.6 Å². The van der Waals surface area contributed by atoms with Crippen molar-refractivity contribution < 1.29 is 9.59 Å². The Morgan fingerprint density at radius 3 is 2.09 bits per heavy atom. The topological polar surface area (TPSA) is 66.1 Å². The van der Waals surface area contributed by atoms with E-state index < -0.39 is 0 Å². The number of imidazole rings is 1. The molecule has 1 heterocycles. The number of H-pyrrole nitrogens is 1. The largest absolute Gasteiger partial charge is 0.377 e. The second kappa shape index (κ2) is 6.62. The molecule has 0 fully saturated rings. The van der Waals surface area contributed by atoms with Gasteiger partial charge in [-0.1, -0.05) is 48.5 Å². The minimum atomic E-state index is -0.160. The molecule has 0 bridgehead atoms. The van der Waals surface area contributed by atoms with Crippen LogP contribution in [0.3, 0.4) is 0 Å². The van der Waals surface area contributed by atoms with Gasteiger partial charge in [0.15, 0.2) is 11.6 Å². The van der Waals surface area contributed by atoms with Crippen LogP contribution < -0.4 is 4.90 Å². The molecule has 1 aromatic heterocycles. The lowest BCUT2D eigenvalue weighted by molar-refractivity contribution is 0.0980. The molecular weight excluding hydrogens is 398 g/mol. The van der Waals surface area contributed by atoms with E-state index in [2.05, 4.69) is 28.1 Å². The van der Waals surface area contributed by atoms with Gasteiger partial charge in [0.2, 0.25) is 0 Å². The van der Waals surface area contributed by atoms with Gasteiger partial charge in [-0.15, -0.1) is 0 Å². The molecule has 0 spiro atoms. The average Bonchev–Trinajstić information content (AvgIpc) is 3.25. The summed E-state index contributed by atoms with van der Waals surface area (Å²) in [6, 6.07) is 22.9. The van der Waals surface area contributed by atoms with E-state index in [1.54, 1.807) is 30.3 Å². The Balaban J connectivity index is 1.60. The molecule has 6 rings (SSSR count). The highest BCUT2D eigenvalue weighted by molar-refractivity contribution is 6.31. The van der Waals surface area contributed by atoms with Gasteiger partial charge in [-0.25, -0.2) is 4.98 Å². The molecule has 0 amide bonds. The minimum absolute atomic E-state index is 0.137. The number of ketones is 2. The first-order chi connectivity index (χ1) is 15.5. The van der Waals surface area contributed by atoms with Crippen LogP contribution in [-0.4, -0.2) is 35.6 Å². The van der Waals surface area contributed by atoms with E-state index in [-0.39, 0.29) is 11.6 Å². The Morgan fingerprint density at radius 1 is 0.688 bits per heavy atom. The number of carbonyl (C=O) groups is 2. The Bertz CT molecular complexity index is 1590. The number of carbonyl (C=O) groups excluding carboxylic acids is 2. The standard InChI is InChI=1S/C27H19N3O2/c1-30(2)22-14-12-19(15-7-3-4-8-16(15)22)27-28-21-13-11-20-23(24(21)29-27)26(32)18-10-6-5-9-17(18)25(20)31/h3-14H,1-2H3,(H,28,29). The van der Waals surface area contributed by atoms with E-state index >= 15 is 0 Å². The van der Waals surface area contributed by atoms with Gasteiger partial charge in [-0.2, -0.15) is 0 Å². The molecule has 154 valence electrons. The lowest BCUT2D eigenvalue weighted by atomic mass is 9.83. The molecule has 32 heavy (non-hydrogen) atoms. The zero-order valence-corrected chi connectivity index (χ0v) is 17.6. The van der Waals surface area contributed by atoms with Crippen LogP contribution in [0.4, 0.5) is 5.69 Å². The van der Waals surface area contributed by atoms with Crippen LogP contribution in [-0.2, 0) is 0 Å². The number of aromatic nitrogens is 2. The molecule has 5 heteroatoms. The normalized spacial score (nSPS) is 12.8. The van der Waals surface area contributed by atoms with Gasteiger partial charge in [0.1, 0.15) is 11.3 Å². The summed E-state index contributed by atoms with van der Waals surface area (Å²) in [5.41, 5.74) is 5.01. The summed E-state index contributed by atoms with van der Waals surface area (Å²) in [7, 11) is 4.05. The maximum absolute atomic E-state index is 13.3. The summed E-state index contributed by atoms with van der Waals surface area (Å²) in [6.07, 6.45) is 0. The average molecular weight is 417 g/mol. The highest BCUT2D eigenvalue weighted by Gasteiger charge is 2.32. The first-order valence-corrected chi connectivity index (χ1v) is 10.4. The molecular formula is C27H19N3O2. The zero-order chi connectivity index (χ0) is 22.0. The second-order valence-electron chi connectivity index (χ2n) is 8.25. The molecule has 5 aromatic rings. The minimum Gasteiger partial charge on any atom is -0.377 e. The molecule has 0 unspecified atom stereocenters. The van der Waals surface area contributed by atoms with Crippen LogP contribution in [0.25, 0.3) is 33.2 Å². The maximum atomic E-state index is 13.3. The van der Waals surface area contributed by atoms with E-state index in [1.807, 2.05) is 38.4 Å². The van der Waals surface area contributed by atoms with Crippen LogP contribution >= 0.6 is 0 Å². The Kier molecular flexibility index (Phi) is 3.83. The summed E-state index contributed by atoms with van der Waals surface area (Å²) in [4.78, 5) is 36.7. The molecule has 0 radical (unpaired) electrons. The SMILES string of the molecule is CN(C)c1ccc(-c2nc3c4c(ccc3[nH]2)C(=O)c2ccccc2C4=O)c2ccccc12. The van der Waals surface area contributed by atoms with E-state index in [1.165, 1.54) is 0 Å². The van der Waals surface area contributed by atoms with Crippen molar-refractivity contribution in [1.82, 2.24) is 9.97 Å². The third kappa shape index (κ3) is 2.48. The predicted octanol–water partition coefficient (Wildman–Crippen LogP) is 5.22. The lowest BCUT2D eigenvalue weighted by Crippen LogP contribution is -2.21. The van der Waals surface area contributed by atoms with Crippen molar-refractivity contribution in [2.75, 3.05) is 19.0 Å². The monoisotopic (exact) mass is 417 g/mol. The van der Waals surface area contributed by atoms with Crippen molar-refractivity contribution in [1.29, 1.82) is 0 Å². The van der Waals surface area contributed by atoms with Gasteiger partial charge in [0, 0.05) is 47.4 Å². The number of benzene rings is 4. The molecule has 0 saturated carbocycles. The number of hydrogen-bond acceptors (Lipinski definition) is 4. The van der Waals surface area contributed by atoms with Crippen molar-refractivity contribution in [3.63, 3.8) is 0 Å². The van der Waals surface area contributed by atoms with Gasteiger partial charge in [0.05, 0.1) is 11.1 Å². The van der Waals surface area contributed by atoms with E-state index in [0.717, 1.165) is 27.5 Å². The third-order valence-electron chi connectivity index (χ3n) is 6.18. The predicted molar refractivity (Wildman–Crippen MR) is 127 cm³/mol. The molecule has 5 nitrogen and oxygen atoms in total. The Labute approximate surface area is 184 Å². The fourth-order valence-electron chi connectivity index (χ4n) is 4.66. The van der Waals surface area contributed by atoms with Gasteiger partial charge < -0.3 is 9.88 Å². The van der Waals surface area contributed by atoms with Gasteiger partial charge in [0.25, 0.3) is 0 Å². The van der Waals surface area contributed by atoms with E-state index in [4.69, 9.17) is 4.98 Å².